The standard InChI is InChI=1S/C11H21N3O2/c1-3-7-14(8-5-6-8)11(15)9(4-2)10(12)13-16/h8-9,16H,3-7H2,1-2H3,(H2,12,13). The van der Waals surface area contributed by atoms with Gasteiger partial charge < -0.3 is 15.8 Å². The minimum atomic E-state index is -0.475. The molecule has 1 atom stereocenters. The van der Waals surface area contributed by atoms with Crippen molar-refractivity contribution in [2.45, 2.75) is 45.6 Å². The molecule has 0 heterocycles. The van der Waals surface area contributed by atoms with Gasteiger partial charge in [-0.1, -0.05) is 19.0 Å². The highest BCUT2D eigenvalue weighted by Crippen LogP contribution is 2.28. The van der Waals surface area contributed by atoms with Gasteiger partial charge in [0, 0.05) is 12.6 Å². The summed E-state index contributed by atoms with van der Waals surface area (Å²) in [6.07, 6.45) is 3.67. The van der Waals surface area contributed by atoms with E-state index < -0.39 is 5.92 Å². The molecule has 0 bridgehead atoms. The van der Waals surface area contributed by atoms with Crippen LogP contribution in [0.25, 0.3) is 0 Å². The van der Waals surface area contributed by atoms with Gasteiger partial charge in [0.15, 0.2) is 5.84 Å². The average Bonchev–Trinajstić information content (AvgIpc) is 3.10. The molecule has 1 fully saturated rings. The Balaban J connectivity index is 2.70. The van der Waals surface area contributed by atoms with Gasteiger partial charge in [-0.05, 0) is 25.7 Å². The summed E-state index contributed by atoms with van der Waals surface area (Å²) in [6.45, 7) is 4.68. The molecule has 3 N–H and O–H groups in total. The van der Waals surface area contributed by atoms with E-state index in [1.165, 1.54) is 0 Å². The molecule has 92 valence electrons. The number of amidine groups is 1. The van der Waals surface area contributed by atoms with Crippen molar-refractivity contribution in [3.63, 3.8) is 0 Å². The van der Waals surface area contributed by atoms with Crippen LogP contribution in [0.4, 0.5) is 0 Å². The van der Waals surface area contributed by atoms with Gasteiger partial charge >= 0.3 is 0 Å². The highest BCUT2D eigenvalue weighted by molar-refractivity contribution is 6.02. The number of carbonyl (C=O) groups excluding carboxylic acids is 1. The average molecular weight is 227 g/mol. The lowest BCUT2D eigenvalue weighted by Gasteiger charge is -2.25. The molecule has 0 saturated heterocycles. The SMILES string of the molecule is CCCN(C(=O)C(CC)C(N)=NO)C1CC1. The van der Waals surface area contributed by atoms with Gasteiger partial charge in [0.25, 0.3) is 0 Å². The fraction of sp³-hybridized carbons (Fsp3) is 0.818. The van der Waals surface area contributed by atoms with Crippen LogP contribution in [-0.2, 0) is 4.79 Å². The van der Waals surface area contributed by atoms with Crippen molar-refractivity contribution in [1.82, 2.24) is 4.90 Å². The maximum Gasteiger partial charge on any atom is 0.233 e. The van der Waals surface area contributed by atoms with E-state index >= 15 is 0 Å². The minimum absolute atomic E-state index is 0.00199. The summed E-state index contributed by atoms with van der Waals surface area (Å²) in [4.78, 5) is 14.1. The van der Waals surface area contributed by atoms with Crippen LogP contribution in [-0.4, -0.2) is 34.4 Å². The molecule has 0 aliphatic heterocycles. The Morgan fingerprint density at radius 2 is 2.19 bits per heavy atom. The molecule has 1 aliphatic carbocycles. The second-order valence-electron chi connectivity index (χ2n) is 4.25. The summed E-state index contributed by atoms with van der Waals surface area (Å²) in [5.41, 5.74) is 5.54. The Hall–Kier alpha value is -1.26. The van der Waals surface area contributed by atoms with Crippen molar-refractivity contribution in [1.29, 1.82) is 0 Å². The van der Waals surface area contributed by atoms with Crippen LogP contribution >= 0.6 is 0 Å². The zero-order chi connectivity index (χ0) is 12.1. The summed E-state index contributed by atoms with van der Waals surface area (Å²) >= 11 is 0. The fourth-order valence-electron chi connectivity index (χ4n) is 1.88. The van der Waals surface area contributed by atoms with Crippen molar-refractivity contribution in [2.24, 2.45) is 16.8 Å². The van der Waals surface area contributed by atoms with Crippen LogP contribution in [0.2, 0.25) is 0 Å². The number of hydrogen-bond acceptors (Lipinski definition) is 3. The van der Waals surface area contributed by atoms with E-state index in [0.717, 1.165) is 25.8 Å². The van der Waals surface area contributed by atoms with E-state index in [1.807, 2.05) is 18.7 Å². The van der Waals surface area contributed by atoms with E-state index in [4.69, 9.17) is 10.9 Å². The van der Waals surface area contributed by atoms with Gasteiger partial charge in [-0.25, -0.2) is 0 Å². The summed E-state index contributed by atoms with van der Waals surface area (Å²) in [5, 5.41) is 11.6. The normalized spacial score (nSPS) is 18.2. The van der Waals surface area contributed by atoms with Crippen LogP contribution in [0, 0.1) is 5.92 Å². The number of hydrogen-bond donors (Lipinski definition) is 2. The zero-order valence-corrected chi connectivity index (χ0v) is 10.0. The number of oxime groups is 1. The topological polar surface area (TPSA) is 78.9 Å². The van der Waals surface area contributed by atoms with Gasteiger partial charge in [0.05, 0.1) is 5.92 Å². The number of rotatable bonds is 6. The minimum Gasteiger partial charge on any atom is -0.409 e. The summed E-state index contributed by atoms with van der Waals surface area (Å²) in [7, 11) is 0. The second kappa shape index (κ2) is 5.72. The molecule has 1 unspecified atom stereocenters. The molecule has 1 aliphatic rings. The van der Waals surface area contributed by atoms with E-state index in [2.05, 4.69) is 5.16 Å². The molecule has 1 saturated carbocycles. The Labute approximate surface area is 96.3 Å². The molecule has 5 heteroatoms. The first-order chi connectivity index (χ1) is 7.65. The number of amides is 1. The lowest BCUT2D eigenvalue weighted by Crippen LogP contribution is -2.43. The molecule has 0 aromatic carbocycles. The van der Waals surface area contributed by atoms with Crippen molar-refractivity contribution in [3.8, 4) is 0 Å². The van der Waals surface area contributed by atoms with Crippen LogP contribution < -0.4 is 5.73 Å². The second-order valence-corrected chi connectivity index (χ2v) is 4.25. The van der Waals surface area contributed by atoms with Crippen LogP contribution in [0.3, 0.4) is 0 Å². The molecule has 16 heavy (non-hydrogen) atoms. The molecule has 1 amide bonds. The van der Waals surface area contributed by atoms with Crippen LogP contribution in [0.15, 0.2) is 5.16 Å². The smallest absolute Gasteiger partial charge is 0.233 e. The van der Waals surface area contributed by atoms with E-state index in [-0.39, 0.29) is 11.7 Å². The van der Waals surface area contributed by atoms with Crippen molar-refractivity contribution in [2.75, 3.05) is 6.54 Å². The highest BCUT2D eigenvalue weighted by Gasteiger charge is 2.35. The molecule has 1 rings (SSSR count). The number of nitrogens with two attached hydrogens (primary N) is 1. The van der Waals surface area contributed by atoms with E-state index in [9.17, 15) is 4.79 Å². The highest BCUT2D eigenvalue weighted by atomic mass is 16.4. The van der Waals surface area contributed by atoms with Gasteiger partial charge in [0.1, 0.15) is 0 Å². The van der Waals surface area contributed by atoms with E-state index in [1.54, 1.807) is 0 Å². The monoisotopic (exact) mass is 227 g/mol. The Morgan fingerprint density at radius 1 is 1.56 bits per heavy atom. The van der Waals surface area contributed by atoms with Gasteiger partial charge in [0.2, 0.25) is 5.91 Å². The van der Waals surface area contributed by atoms with Gasteiger partial charge in [-0.3, -0.25) is 4.79 Å². The quantitative estimate of drug-likeness (QED) is 0.309. The van der Waals surface area contributed by atoms with E-state index in [0.29, 0.717) is 12.5 Å². The lowest BCUT2D eigenvalue weighted by atomic mass is 10.0. The molecule has 5 nitrogen and oxygen atoms in total. The molecule has 0 spiro atoms. The first-order valence-electron chi connectivity index (χ1n) is 5.93. The first kappa shape index (κ1) is 12.8. The third-order valence-electron chi connectivity index (χ3n) is 2.91. The zero-order valence-electron chi connectivity index (χ0n) is 10.0. The summed E-state index contributed by atoms with van der Waals surface area (Å²) < 4.78 is 0. The molecular formula is C11H21N3O2. The molecule has 0 aromatic heterocycles. The fourth-order valence-corrected chi connectivity index (χ4v) is 1.88. The van der Waals surface area contributed by atoms with Crippen molar-refractivity contribution >= 4 is 11.7 Å². The summed E-state index contributed by atoms with van der Waals surface area (Å²) in [5.74, 6) is -0.450. The predicted molar refractivity (Wildman–Crippen MR) is 62.2 cm³/mol. The van der Waals surface area contributed by atoms with Gasteiger partial charge in [-0.15, -0.1) is 0 Å². The number of nitrogens with zero attached hydrogens (tertiary/aromatic N) is 2. The Bertz CT molecular complexity index is 274. The van der Waals surface area contributed by atoms with Gasteiger partial charge in [-0.2, -0.15) is 0 Å². The van der Waals surface area contributed by atoms with Crippen molar-refractivity contribution in [3.05, 3.63) is 0 Å². The lowest BCUT2D eigenvalue weighted by molar-refractivity contribution is -0.134. The molecular weight excluding hydrogens is 206 g/mol. The summed E-state index contributed by atoms with van der Waals surface area (Å²) in [6, 6.07) is 0.382. The predicted octanol–water partition coefficient (Wildman–Crippen LogP) is 1.16. The number of carbonyl (C=O) groups is 1. The Kier molecular flexibility index (Phi) is 4.58. The molecule has 0 aromatic rings. The maximum atomic E-state index is 12.2. The third-order valence-corrected chi connectivity index (χ3v) is 2.91. The molecule has 0 radical (unpaired) electrons. The maximum absolute atomic E-state index is 12.2. The Morgan fingerprint density at radius 3 is 2.56 bits per heavy atom. The van der Waals surface area contributed by atoms with Crippen LogP contribution in [0.1, 0.15) is 39.5 Å². The largest absolute Gasteiger partial charge is 0.409 e. The first-order valence-corrected chi connectivity index (χ1v) is 5.93. The van der Waals surface area contributed by atoms with Crippen LogP contribution in [0.5, 0.6) is 0 Å². The van der Waals surface area contributed by atoms with Crippen molar-refractivity contribution < 1.29 is 10.0 Å². The third kappa shape index (κ3) is 2.87.